The first kappa shape index (κ1) is 48.3. The molecule has 0 unspecified atom stereocenters. The maximum absolute atomic E-state index is 12.6. The third-order valence-corrected chi connectivity index (χ3v) is 7.20. The molecule has 18 heteroatoms. The predicted octanol–water partition coefficient (Wildman–Crippen LogP) is 2.20. The normalized spacial score (nSPS) is 9.14. The van der Waals surface area contributed by atoms with Gasteiger partial charge in [-0.15, -0.1) is 22.7 Å². The van der Waals surface area contributed by atoms with Gasteiger partial charge in [-0.25, -0.2) is 29.8 Å². The molecule has 49 heavy (non-hydrogen) atoms. The van der Waals surface area contributed by atoms with Crippen molar-refractivity contribution in [2.45, 2.75) is 20.8 Å². The zero-order valence-corrected chi connectivity index (χ0v) is 33.3. The first-order chi connectivity index (χ1) is 22.8. The van der Waals surface area contributed by atoms with Crippen LogP contribution in [-0.4, -0.2) is 76.3 Å². The molecule has 0 aliphatic rings. The van der Waals surface area contributed by atoms with E-state index in [4.69, 9.17) is 21.2 Å². The quantitative estimate of drug-likeness (QED) is 0.0442. The first-order valence-corrected chi connectivity index (χ1v) is 15.3. The average Bonchev–Trinajstić information content (AvgIpc) is 3.66. The SMILES string of the molecule is CC(=O)Cl.CO.COC(=O)c1ccc(F)c(N)c1.COC(=O)c1ccc2sc(C)nc2c1.Cc1nc2cc(C(=O)CO)ccc2s1.NO.[H-].[K+]. The van der Waals surface area contributed by atoms with Crippen LogP contribution in [0.4, 0.5) is 10.1 Å². The summed E-state index contributed by atoms with van der Waals surface area (Å²) in [4.78, 5) is 51.1. The van der Waals surface area contributed by atoms with Crippen LogP contribution >= 0.6 is 34.3 Å². The summed E-state index contributed by atoms with van der Waals surface area (Å²) < 4.78 is 23.8. The number of carbonyl (C=O) groups is 4. The molecule has 0 aliphatic carbocycles. The van der Waals surface area contributed by atoms with Crippen molar-refractivity contribution in [1.29, 1.82) is 0 Å². The minimum atomic E-state index is -0.539. The molecule has 0 radical (unpaired) electrons. The van der Waals surface area contributed by atoms with Crippen LogP contribution in [0.5, 0.6) is 0 Å². The van der Waals surface area contributed by atoms with Crippen molar-refractivity contribution in [2.75, 3.05) is 33.7 Å². The number of benzene rings is 3. The summed E-state index contributed by atoms with van der Waals surface area (Å²) in [7, 11) is 3.63. The van der Waals surface area contributed by atoms with Gasteiger partial charge in [-0.1, -0.05) is 0 Å². The van der Waals surface area contributed by atoms with Gasteiger partial charge in [0.1, 0.15) is 12.4 Å². The Kier molecular flexibility index (Phi) is 25.7. The maximum Gasteiger partial charge on any atom is 1.00 e. The van der Waals surface area contributed by atoms with Crippen LogP contribution in [0.1, 0.15) is 49.4 Å². The van der Waals surface area contributed by atoms with Crippen LogP contribution in [0.3, 0.4) is 0 Å². The molecule has 0 bridgehead atoms. The number of thiazole rings is 2. The molecule has 3 aromatic carbocycles. The summed E-state index contributed by atoms with van der Waals surface area (Å²) in [5, 5.41) is 23.8. The Hall–Kier alpha value is -2.78. The number of ketones is 1. The fraction of sp³-hybridized carbons (Fsp3) is 0.226. The molecule has 0 saturated heterocycles. The van der Waals surface area contributed by atoms with E-state index >= 15 is 0 Å². The molecule has 0 spiro atoms. The number of nitrogen functional groups attached to an aromatic ring is 1. The second kappa shape index (κ2) is 26.1. The fourth-order valence-electron chi connectivity index (χ4n) is 3.38. The van der Waals surface area contributed by atoms with Crippen molar-refractivity contribution in [3.63, 3.8) is 0 Å². The molecule has 5 rings (SSSR count). The Balaban J connectivity index is -0.000000590. The van der Waals surface area contributed by atoms with Gasteiger partial charge in [-0.2, -0.15) is 0 Å². The number of fused-ring (bicyclic) bond motifs is 2. The van der Waals surface area contributed by atoms with Crippen molar-refractivity contribution in [1.82, 2.24) is 9.97 Å². The number of aromatic nitrogens is 2. The Bertz CT molecular complexity index is 1720. The van der Waals surface area contributed by atoms with Crippen LogP contribution in [0.25, 0.3) is 20.4 Å². The molecule has 0 saturated carbocycles. The summed E-state index contributed by atoms with van der Waals surface area (Å²) in [5.74, 6) is 1.85. The monoisotopic (exact) mass is 766 g/mol. The van der Waals surface area contributed by atoms with Crippen LogP contribution in [0.15, 0.2) is 54.6 Å². The summed E-state index contributed by atoms with van der Waals surface area (Å²) in [5.41, 5.74) is 8.17. The summed E-state index contributed by atoms with van der Waals surface area (Å²) in [6, 6.07) is 14.4. The molecule has 2 aromatic heterocycles. The molecule has 262 valence electrons. The molecule has 0 aliphatic heterocycles. The molecular formula is C31H37ClFKN4O9S2. The Labute approximate surface area is 338 Å². The van der Waals surface area contributed by atoms with E-state index in [2.05, 4.69) is 36.9 Å². The van der Waals surface area contributed by atoms with Gasteiger partial charge in [0.15, 0.2) is 5.78 Å². The van der Waals surface area contributed by atoms with E-state index in [-0.39, 0.29) is 81.1 Å². The molecule has 5 aromatic rings. The van der Waals surface area contributed by atoms with Crippen LogP contribution < -0.4 is 63.0 Å². The van der Waals surface area contributed by atoms with Gasteiger partial charge in [-0.05, 0) is 80.0 Å². The third kappa shape index (κ3) is 17.1. The van der Waals surface area contributed by atoms with Crippen molar-refractivity contribution in [2.24, 2.45) is 5.90 Å². The summed E-state index contributed by atoms with van der Waals surface area (Å²) in [6.45, 7) is 4.72. The Morgan fingerprint density at radius 2 is 1.18 bits per heavy atom. The standard InChI is InChI=1S/2C10H9NO2S.C8H8FNO2.C2H3ClO.CH4O.K.H3NO.H/c1-6-11-8-5-7(10(12)13-2)3-4-9(8)14-6;1-6-11-8-4-7(9(13)5-12)2-3-10(8)14-6;1-12-8(11)5-2-3-6(9)7(10)4-5;1-2(3)4;1-2;;1-2;/h3-5H,1-2H3;2-4,12H,5H2,1H3;2-4H,10H2,1H3;1H3;2H,1H3;;2H,1H2;/q;;;;;+1;;-1. The number of aryl methyl sites for hydroxylation is 2. The van der Waals surface area contributed by atoms with Crippen molar-refractivity contribution in [3.8, 4) is 0 Å². The molecule has 13 nitrogen and oxygen atoms in total. The topological polar surface area (TPSA) is 225 Å². The summed E-state index contributed by atoms with van der Waals surface area (Å²) >= 11 is 7.85. The van der Waals surface area contributed by atoms with E-state index < -0.39 is 18.4 Å². The van der Waals surface area contributed by atoms with Gasteiger partial charge >= 0.3 is 63.3 Å². The Morgan fingerprint density at radius 3 is 1.57 bits per heavy atom. The number of hydrogen-bond acceptors (Lipinski definition) is 15. The van der Waals surface area contributed by atoms with E-state index in [0.717, 1.165) is 43.6 Å². The second-order valence-electron chi connectivity index (χ2n) is 8.60. The number of aliphatic hydroxyl groups is 2. The van der Waals surface area contributed by atoms with E-state index in [1.165, 1.54) is 33.3 Å². The van der Waals surface area contributed by atoms with Crippen LogP contribution in [-0.2, 0) is 14.3 Å². The fourth-order valence-corrected chi connectivity index (χ4v) is 5.00. The predicted molar refractivity (Wildman–Crippen MR) is 185 cm³/mol. The van der Waals surface area contributed by atoms with Gasteiger partial charge in [0.05, 0.1) is 61.5 Å². The van der Waals surface area contributed by atoms with Crippen molar-refractivity contribution < 1.29 is 101 Å². The minimum Gasteiger partial charge on any atom is -1.00 e. The first-order valence-electron chi connectivity index (χ1n) is 13.3. The zero-order chi connectivity index (χ0) is 37.0. The number of carbonyl (C=O) groups excluding carboxylic acids is 4. The largest absolute Gasteiger partial charge is 1.00 e. The number of anilines is 1. The number of nitrogens with two attached hydrogens (primary N) is 2. The molecule has 2 heterocycles. The number of Topliss-reactive ketones (excluding diaryl/α,β-unsaturated/α-hetero) is 1. The zero-order valence-electron chi connectivity index (χ0n) is 28.8. The molecule has 7 N–H and O–H groups in total. The van der Waals surface area contributed by atoms with Gasteiger partial charge in [0.2, 0.25) is 5.24 Å². The average molecular weight is 767 g/mol. The minimum absolute atomic E-state index is 0. The number of halogens is 2. The van der Waals surface area contributed by atoms with Crippen LogP contribution in [0.2, 0.25) is 0 Å². The van der Waals surface area contributed by atoms with Gasteiger partial charge < -0.3 is 32.1 Å². The summed E-state index contributed by atoms with van der Waals surface area (Å²) in [6.07, 6.45) is 0. The van der Waals surface area contributed by atoms with Gasteiger partial charge in [0, 0.05) is 19.6 Å². The third-order valence-electron chi connectivity index (χ3n) is 5.29. The number of ether oxygens (including phenoxy) is 2. The number of hydrogen-bond donors (Lipinski definition) is 5. The van der Waals surface area contributed by atoms with Crippen molar-refractivity contribution >= 4 is 83.4 Å². The van der Waals surface area contributed by atoms with E-state index in [0.29, 0.717) is 11.1 Å². The van der Waals surface area contributed by atoms with E-state index in [1.807, 2.05) is 26.0 Å². The molecular weight excluding hydrogens is 730 g/mol. The molecule has 0 amide bonds. The van der Waals surface area contributed by atoms with E-state index in [9.17, 15) is 23.6 Å². The number of esters is 2. The maximum atomic E-state index is 12.6. The number of aliphatic hydroxyl groups excluding tert-OH is 2. The molecule has 0 fully saturated rings. The second-order valence-corrected chi connectivity index (χ2v) is 11.6. The number of rotatable bonds is 4. The molecule has 0 atom stereocenters. The number of methoxy groups -OCH3 is 2. The van der Waals surface area contributed by atoms with E-state index in [1.54, 1.807) is 46.9 Å². The smallest absolute Gasteiger partial charge is 1.00 e. The number of nitrogens with zero attached hydrogens (tertiary/aromatic N) is 2. The van der Waals surface area contributed by atoms with Crippen molar-refractivity contribution in [3.05, 3.63) is 87.1 Å². The Morgan fingerprint density at radius 1 is 0.816 bits per heavy atom. The van der Waals surface area contributed by atoms with Crippen LogP contribution in [0, 0.1) is 19.7 Å². The van der Waals surface area contributed by atoms with Gasteiger partial charge in [0.25, 0.3) is 0 Å². The van der Waals surface area contributed by atoms with Gasteiger partial charge in [-0.3, -0.25) is 9.59 Å².